The summed E-state index contributed by atoms with van der Waals surface area (Å²) in [7, 11) is 0. The predicted octanol–water partition coefficient (Wildman–Crippen LogP) is 3.17. The van der Waals surface area contributed by atoms with Crippen molar-refractivity contribution in [3.05, 3.63) is 68.9 Å². The lowest BCUT2D eigenvalue weighted by atomic mass is 10.0. The van der Waals surface area contributed by atoms with Crippen LogP contribution in [0.25, 0.3) is 17.8 Å². The number of nitrogens with zero attached hydrogens (tertiary/aromatic N) is 3. The number of aromatic nitrogens is 4. The topological polar surface area (TPSA) is 89.6 Å². The Hall–Kier alpha value is -3.43. The van der Waals surface area contributed by atoms with Crippen molar-refractivity contribution in [1.82, 2.24) is 20.2 Å². The van der Waals surface area contributed by atoms with Gasteiger partial charge in [-0.15, -0.1) is 0 Å². The molecule has 1 aromatic heterocycles. The van der Waals surface area contributed by atoms with Crippen molar-refractivity contribution in [3.8, 4) is 5.69 Å². The number of anilines is 1. The second-order valence-electron chi connectivity index (χ2n) is 5.67. The Morgan fingerprint density at radius 1 is 1.19 bits per heavy atom. The Bertz CT molecular complexity index is 1080. The molecule has 0 unspecified atom stereocenters. The maximum absolute atomic E-state index is 13.9. The van der Waals surface area contributed by atoms with Gasteiger partial charge >= 0.3 is 11.9 Å². The van der Waals surface area contributed by atoms with Gasteiger partial charge in [0.25, 0.3) is 0 Å². The van der Waals surface area contributed by atoms with Crippen LogP contribution >= 0.6 is 0 Å². The molecule has 140 valence electrons. The number of tetrazole rings is 1. The first-order chi connectivity index (χ1) is 12.7. The predicted molar refractivity (Wildman–Crippen MR) is 91.5 cm³/mol. The van der Waals surface area contributed by atoms with Crippen molar-refractivity contribution in [2.75, 3.05) is 5.73 Å². The van der Waals surface area contributed by atoms with Crippen LogP contribution < -0.4 is 11.4 Å². The zero-order valence-electron chi connectivity index (χ0n) is 13.9. The molecule has 27 heavy (non-hydrogen) atoms. The molecule has 0 atom stereocenters. The quantitative estimate of drug-likeness (QED) is 0.416. The maximum atomic E-state index is 13.9. The number of halogens is 4. The van der Waals surface area contributed by atoms with Crippen LogP contribution in [0.2, 0.25) is 0 Å². The molecule has 0 saturated carbocycles. The summed E-state index contributed by atoms with van der Waals surface area (Å²) in [6, 6.07) is 6.15. The van der Waals surface area contributed by atoms with Crippen LogP contribution in [0.5, 0.6) is 0 Å². The molecule has 10 heteroatoms. The molecular weight excluding hydrogens is 366 g/mol. The van der Waals surface area contributed by atoms with E-state index >= 15 is 0 Å². The molecule has 3 N–H and O–H groups in total. The molecule has 1 heterocycles. The number of benzene rings is 2. The molecule has 6 nitrogen and oxygen atoms in total. The first kappa shape index (κ1) is 18.4. The molecule has 0 aliphatic rings. The number of hydrogen-bond donors (Lipinski definition) is 2. The van der Waals surface area contributed by atoms with Crippen molar-refractivity contribution in [1.29, 1.82) is 0 Å². The number of H-pyrrole nitrogens is 1. The third kappa shape index (κ3) is 3.46. The summed E-state index contributed by atoms with van der Waals surface area (Å²) in [5, 5.41) is 8.81. The normalized spacial score (nSPS) is 12.0. The summed E-state index contributed by atoms with van der Waals surface area (Å²) in [6.45, 7) is 1.46. The van der Waals surface area contributed by atoms with Crippen molar-refractivity contribution in [2.24, 2.45) is 0 Å². The molecule has 0 fully saturated rings. The van der Waals surface area contributed by atoms with Crippen molar-refractivity contribution >= 4 is 17.8 Å². The zero-order chi connectivity index (χ0) is 19.8. The average Bonchev–Trinajstić information content (AvgIpc) is 3.04. The van der Waals surface area contributed by atoms with Crippen LogP contribution in [0.15, 0.2) is 35.1 Å². The zero-order valence-corrected chi connectivity index (χ0v) is 13.9. The molecule has 0 amide bonds. The molecule has 0 radical (unpaired) electrons. The highest BCUT2D eigenvalue weighted by molar-refractivity contribution is 5.77. The molecule has 3 rings (SSSR count). The molecule has 0 saturated heterocycles. The largest absolute Gasteiger partial charge is 0.417 e. The van der Waals surface area contributed by atoms with Gasteiger partial charge in [-0.1, -0.05) is 24.3 Å². The second-order valence-corrected chi connectivity index (χ2v) is 5.67. The number of rotatable bonds is 3. The van der Waals surface area contributed by atoms with Crippen LogP contribution in [0.1, 0.15) is 22.3 Å². The molecule has 0 bridgehead atoms. The average molecular weight is 379 g/mol. The van der Waals surface area contributed by atoms with E-state index in [1.54, 1.807) is 0 Å². The summed E-state index contributed by atoms with van der Waals surface area (Å²) < 4.78 is 55.0. The highest BCUT2D eigenvalue weighted by Gasteiger charge is 2.34. The fraction of sp³-hybridized carbons (Fsp3) is 0.118. The van der Waals surface area contributed by atoms with Crippen LogP contribution in [0.4, 0.5) is 23.2 Å². The van der Waals surface area contributed by atoms with E-state index in [9.17, 15) is 22.4 Å². The number of nitrogens with one attached hydrogen (secondary N) is 1. The lowest BCUT2D eigenvalue weighted by Crippen LogP contribution is -2.19. The van der Waals surface area contributed by atoms with Gasteiger partial charge < -0.3 is 5.73 Å². The van der Waals surface area contributed by atoms with Gasteiger partial charge in [0.2, 0.25) is 0 Å². The van der Waals surface area contributed by atoms with Crippen molar-refractivity contribution < 1.29 is 17.6 Å². The van der Waals surface area contributed by atoms with Gasteiger partial charge in [-0.3, -0.25) is 0 Å². The maximum Gasteiger partial charge on any atom is 0.417 e. The third-order valence-corrected chi connectivity index (χ3v) is 3.98. The fourth-order valence-electron chi connectivity index (χ4n) is 2.59. The summed E-state index contributed by atoms with van der Waals surface area (Å²) in [5.74, 6) is -0.644. The van der Waals surface area contributed by atoms with E-state index in [2.05, 4.69) is 10.4 Å². The van der Waals surface area contributed by atoms with Crippen LogP contribution in [-0.2, 0) is 6.18 Å². The van der Waals surface area contributed by atoms with Gasteiger partial charge in [-0.2, -0.15) is 17.9 Å². The first-order valence-corrected chi connectivity index (χ1v) is 7.63. The van der Waals surface area contributed by atoms with Crippen molar-refractivity contribution in [3.63, 3.8) is 0 Å². The molecular formula is C17H13F4N5O. The minimum Gasteiger partial charge on any atom is -0.396 e. The Balaban J connectivity index is 2.21. The smallest absolute Gasteiger partial charge is 0.396 e. The Labute approximate surface area is 149 Å². The summed E-state index contributed by atoms with van der Waals surface area (Å²) in [5.41, 5.74) is 3.76. The van der Waals surface area contributed by atoms with Crippen LogP contribution in [-0.4, -0.2) is 20.2 Å². The van der Waals surface area contributed by atoms with Gasteiger partial charge in [0, 0.05) is 5.56 Å². The molecule has 0 aliphatic carbocycles. The van der Waals surface area contributed by atoms with Crippen LogP contribution in [0, 0.1) is 12.7 Å². The second kappa shape index (κ2) is 6.71. The standard InChI is InChI=1S/C17H13F4N5O/c1-9-10(6-8-13(22)15(9)18)5-7-11-12(17(19,20)21)3-2-4-14(11)26-16(27)23-24-25-26/h2-8H,22H2,1H3,(H,23,25,27)/b7-5+. The van der Waals surface area contributed by atoms with Gasteiger partial charge in [-0.25, -0.2) is 14.3 Å². The first-order valence-electron chi connectivity index (χ1n) is 7.63. The van der Waals surface area contributed by atoms with Crippen molar-refractivity contribution in [2.45, 2.75) is 13.1 Å². The highest BCUT2D eigenvalue weighted by atomic mass is 19.4. The molecule has 3 aromatic rings. The van der Waals surface area contributed by atoms with Gasteiger partial charge in [-0.05, 0) is 46.7 Å². The molecule has 2 aromatic carbocycles. The minimum atomic E-state index is -4.68. The number of alkyl halides is 3. The van der Waals surface area contributed by atoms with E-state index in [0.29, 0.717) is 10.2 Å². The van der Waals surface area contributed by atoms with E-state index in [1.807, 2.05) is 5.10 Å². The highest BCUT2D eigenvalue weighted by Crippen LogP contribution is 2.35. The number of nitrogen functional groups attached to an aromatic ring is 1. The van der Waals surface area contributed by atoms with Crippen LogP contribution in [0.3, 0.4) is 0 Å². The number of aromatic amines is 1. The summed E-state index contributed by atoms with van der Waals surface area (Å²) in [6.07, 6.45) is -2.21. The minimum absolute atomic E-state index is 0.0600. The SMILES string of the molecule is Cc1c(/C=C/c2c(-n3nn[nH]c3=O)cccc2C(F)(F)F)ccc(N)c1F. The summed E-state index contributed by atoms with van der Waals surface area (Å²) >= 11 is 0. The van der Waals surface area contributed by atoms with E-state index in [4.69, 9.17) is 5.73 Å². The number of nitrogens with two attached hydrogens (primary N) is 1. The third-order valence-electron chi connectivity index (χ3n) is 3.98. The molecule has 0 spiro atoms. The van der Waals surface area contributed by atoms with Gasteiger partial charge in [0.1, 0.15) is 5.82 Å². The Morgan fingerprint density at radius 2 is 1.93 bits per heavy atom. The lowest BCUT2D eigenvalue weighted by Gasteiger charge is -2.14. The Morgan fingerprint density at radius 3 is 2.56 bits per heavy atom. The molecule has 0 aliphatic heterocycles. The Kier molecular flexibility index (Phi) is 4.56. The monoisotopic (exact) mass is 379 g/mol. The van der Waals surface area contributed by atoms with Gasteiger partial charge in [0.05, 0.1) is 16.9 Å². The fourth-order valence-corrected chi connectivity index (χ4v) is 2.59. The van der Waals surface area contributed by atoms with E-state index in [-0.39, 0.29) is 22.5 Å². The van der Waals surface area contributed by atoms with E-state index in [0.717, 1.165) is 18.2 Å². The van der Waals surface area contributed by atoms with E-state index in [1.165, 1.54) is 31.2 Å². The summed E-state index contributed by atoms with van der Waals surface area (Å²) in [4.78, 5) is 11.8. The van der Waals surface area contributed by atoms with E-state index < -0.39 is 23.2 Å². The van der Waals surface area contributed by atoms with Gasteiger partial charge in [0.15, 0.2) is 0 Å². The lowest BCUT2D eigenvalue weighted by molar-refractivity contribution is -0.137. The number of hydrogen-bond acceptors (Lipinski definition) is 4.